The highest BCUT2D eigenvalue weighted by Gasteiger charge is 2.34. The lowest BCUT2D eigenvalue weighted by Gasteiger charge is -2.31. The lowest BCUT2D eigenvalue weighted by molar-refractivity contribution is -0.163. The zero-order valence-corrected chi connectivity index (χ0v) is 16.0. The summed E-state index contributed by atoms with van der Waals surface area (Å²) in [4.78, 5) is 13.4. The maximum absolute atomic E-state index is 12.8. The number of carbonyl (C=O) groups is 1. The molecule has 8 heteroatoms. The Bertz CT molecular complexity index is 625. The van der Waals surface area contributed by atoms with E-state index in [1.54, 1.807) is 32.9 Å². The van der Waals surface area contributed by atoms with E-state index in [1.807, 2.05) is 0 Å². The first-order valence-corrected chi connectivity index (χ1v) is 8.66. The fourth-order valence-corrected chi connectivity index (χ4v) is 3.00. The molecule has 1 aromatic rings. The summed E-state index contributed by atoms with van der Waals surface area (Å²) < 4.78 is 50.1. The molecule has 4 nitrogen and oxygen atoms in total. The molecule has 25 heavy (non-hydrogen) atoms. The van der Waals surface area contributed by atoms with Gasteiger partial charge < -0.3 is 14.4 Å². The molecular weight excluding hydrogens is 403 g/mol. The van der Waals surface area contributed by atoms with Crippen molar-refractivity contribution in [3.05, 3.63) is 22.2 Å². The van der Waals surface area contributed by atoms with Crippen molar-refractivity contribution in [3.63, 3.8) is 0 Å². The third-order valence-electron chi connectivity index (χ3n) is 3.44. The zero-order chi connectivity index (χ0) is 18.8. The molecule has 0 aliphatic carbocycles. The Hall–Kier alpha value is -1.44. The fourth-order valence-electron chi connectivity index (χ4n) is 2.54. The Morgan fingerprint density at radius 1 is 1.12 bits per heavy atom. The Kier molecular flexibility index (Phi) is 5.91. The summed E-state index contributed by atoms with van der Waals surface area (Å²) in [6.45, 7) is 4.98. The van der Waals surface area contributed by atoms with Gasteiger partial charge in [0.2, 0.25) is 5.91 Å². The van der Waals surface area contributed by atoms with Crippen LogP contribution in [-0.2, 0) is 11.2 Å². The van der Waals surface area contributed by atoms with Crippen molar-refractivity contribution in [3.8, 4) is 11.5 Å². The van der Waals surface area contributed by atoms with Crippen molar-refractivity contribution in [2.75, 3.05) is 26.3 Å². The van der Waals surface area contributed by atoms with Crippen molar-refractivity contribution in [1.29, 1.82) is 0 Å². The number of amides is 1. The van der Waals surface area contributed by atoms with Crippen LogP contribution in [0.25, 0.3) is 0 Å². The monoisotopic (exact) mass is 423 g/mol. The smallest absolute Gasteiger partial charge is 0.406 e. The van der Waals surface area contributed by atoms with Crippen LogP contribution in [0, 0.1) is 5.41 Å². The molecule has 1 aliphatic heterocycles. The molecule has 0 radical (unpaired) electrons. The first-order chi connectivity index (χ1) is 11.4. The molecule has 0 unspecified atom stereocenters. The van der Waals surface area contributed by atoms with Crippen LogP contribution in [0.1, 0.15) is 26.3 Å². The van der Waals surface area contributed by atoms with Crippen LogP contribution >= 0.6 is 15.9 Å². The standard InChI is InChI=1S/C17H21BrF3NO3/c1-16(2,3)9-22(10-17(19,20)21)15(23)7-11-6-13-14(8-12(11)18)25-5-4-24-13/h6,8H,4-5,7,9-10H2,1-3H3. The van der Waals surface area contributed by atoms with Gasteiger partial charge in [0.1, 0.15) is 19.8 Å². The highest BCUT2D eigenvalue weighted by Crippen LogP contribution is 2.36. The van der Waals surface area contributed by atoms with Gasteiger partial charge in [-0.2, -0.15) is 13.2 Å². The molecule has 2 rings (SSSR count). The van der Waals surface area contributed by atoms with E-state index in [0.717, 1.165) is 4.90 Å². The van der Waals surface area contributed by atoms with E-state index in [1.165, 1.54) is 0 Å². The average Bonchev–Trinajstić information content (AvgIpc) is 2.44. The van der Waals surface area contributed by atoms with Gasteiger partial charge >= 0.3 is 6.18 Å². The first kappa shape index (κ1) is 19.9. The van der Waals surface area contributed by atoms with E-state index in [2.05, 4.69) is 15.9 Å². The lowest BCUT2D eigenvalue weighted by Crippen LogP contribution is -2.44. The molecule has 1 amide bonds. The molecule has 0 N–H and O–H groups in total. The third kappa shape index (κ3) is 6.09. The first-order valence-electron chi connectivity index (χ1n) is 7.87. The van der Waals surface area contributed by atoms with Crippen molar-refractivity contribution >= 4 is 21.8 Å². The predicted octanol–water partition coefficient (Wildman–Crippen LogP) is 4.20. The number of benzene rings is 1. The van der Waals surface area contributed by atoms with E-state index in [0.29, 0.717) is 34.7 Å². The molecule has 1 aliphatic rings. The van der Waals surface area contributed by atoms with Gasteiger partial charge in [-0.3, -0.25) is 4.79 Å². The van der Waals surface area contributed by atoms with E-state index in [9.17, 15) is 18.0 Å². The van der Waals surface area contributed by atoms with E-state index in [-0.39, 0.29) is 13.0 Å². The van der Waals surface area contributed by atoms with Crippen molar-refractivity contribution in [1.82, 2.24) is 4.90 Å². The lowest BCUT2D eigenvalue weighted by atomic mass is 9.95. The molecule has 0 saturated carbocycles. The van der Waals surface area contributed by atoms with Gasteiger partial charge in [-0.15, -0.1) is 0 Å². The largest absolute Gasteiger partial charge is 0.486 e. The summed E-state index contributed by atoms with van der Waals surface area (Å²) in [6, 6.07) is 3.31. The number of hydrogen-bond donors (Lipinski definition) is 0. The molecule has 0 bridgehead atoms. The Morgan fingerprint density at radius 2 is 1.68 bits per heavy atom. The van der Waals surface area contributed by atoms with Gasteiger partial charge in [-0.05, 0) is 23.1 Å². The highest BCUT2D eigenvalue weighted by molar-refractivity contribution is 9.10. The zero-order valence-electron chi connectivity index (χ0n) is 14.4. The van der Waals surface area contributed by atoms with Crippen LogP contribution < -0.4 is 9.47 Å². The summed E-state index contributed by atoms with van der Waals surface area (Å²) in [5.41, 5.74) is 0.126. The average molecular weight is 424 g/mol. The quantitative estimate of drug-likeness (QED) is 0.728. The molecular formula is C17H21BrF3NO3. The number of ether oxygens (including phenoxy) is 2. The van der Waals surface area contributed by atoms with Gasteiger partial charge in [-0.25, -0.2) is 0 Å². The van der Waals surface area contributed by atoms with Gasteiger partial charge in [0.15, 0.2) is 11.5 Å². The van der Waals surface area contributed by atoms with E-state index in [4.69, 9.17) is 9.47 Å². The Balaban J connectivity index is 2.19. The number of hydrogen-bond acceptors (Lipinski definition) is 3. The molecule has 1 heterocycles. The minimum atomic E-state index is -4.44. The minimum Gasteiger partial charge on any atom is -0.486 e. The Morgan fingerprint density at radius 3 is 2.20 bits per heavy atom. The van der Waals surface area contributed by atoms with Crippen LogP contribution in [0.3, 0.4) is 0 Å². The molecule has 1 aromatic carbocycles. The normalized spacial score (nSPS) is 14.4. The number of fused-ring (bicyclic) bond motifs is 1. The summed E-state index contributed by atoms with van der Waals surface area (Å²) in [7, 11) is 0. The molecule has 0 aromatic heterocycles. The number of alkyl halides is 3. The highest BCUT2D eigenvalue weighted by atomic mass is 79.9. The van der Waals surface area contributed by atoms with E-state index >= 15 is 0 Å². The second-order valence-electron chi connectivity index (χ2n) is 7.19. The van der Waals surface area contributed by atoms with Crippen molar-refractivity contribution in [2.45, 2.75) is 33.4 Å². The number of nitrogens with zero attached hydrogens (tertiary/aromatic N) is 1. The molecule has 0 spiro atoms. The number of rotatable bonds is 4. The van der Waals surface area contributed by atoms with Gasteiger partial charge in [-0.1, -0.05) is 36.7 Å². The van der Waals surface area contributed by atoms with Crippen LogP contribution in [-0.4, -0.2) is 43.3 Å². The molecule has 140 valence electrons. The maximum atomic E-state index is 12.8. The third-order valence-corrected chi connectivity index (χ3v) is 4.18. The summed E-state index contributed by atoms with van der Waals surface area (Å²) in [5, 5.41) is 0. The van der Waals surface area contributed by atoms with Crippen LogP contribution in [0.2, 0.25) is 0 Å². The summed E-state index contributed by atoms with van der Waals surface area (Å²) in [5.74, 6) is 0.469. The number of carbonyl (C=O) groups excluding carboxylic acids is 1. The summed E-state index contributed by atoms with van der Waals surface area (Å²) in [6.07, 6.45) is -4.59. The van der Waals surface area contributed by atoms with Crippen molar-refractivity contribution in [2.24, 2.45) is 5.41 Å². The molecule has 0 fully saturated rings. The maximum Gasteiger partial charge on any atom is 0.406 e. The molecule has 0 atom stereocenters. The van der Waals surface area contributed by atoms with Crippen molar-refractivity contribution < 1.29 is 27.4 Å². The topological polar surface area (TPSA) is 38.8 Å². The SMILES string of the molecule is CC(C)(C)CN(CC(F)(F)F)C(=O)Cc1cc2c(cc1Br)OCCO2. The van der Waals surface area contributed by atoms with Gasteiger partial charge in [0.25, 0.3) is 0 Å². The van der Waals surface area contributed by atoms with Crippen LogP contribution in [0.15, 0.2) is 16.6 Å². The predicted molar refractivity (Wildman–Crippen MR) is 90.9 cm³/mol. The Labute approximate surface area is 153 Å². The van der Waals surface area contributed by atoms with Crippen LogP contribution in [0.4, 0.5) is 13.2 Å². The van der Waals surface area contributed by atoms with Gasteiger partial charge in [0.05, 0.1) is 6.42 Å². The molecule has 0 saturated heterocycles. The summed E-state index contributed by atoms with van der Waals surface area (Å²) >= 11 is 3.35. The second kappa shape index (κ2) is 7.43. The van der Waals surface area contributed by atoms with Crippen LogP contribution in [0.5, 0.6) is 11.5 Å². The fraction of sp³-hybridized carbons (Fsp3) is 0.588. The number of halogens is 4. The van der Waals surface area contributed by atoms with E-state index < -0.39 is 24.0 Å². The minimum absolute atomic E-state index is 0.0213. The second-order valence-corrected chi connectivity index (χ2v) is 8.04. The van der Waals surface area contributed by atoms with Gasteiger partial charge in [0, 0.05) is 11.0 Å².